The summed E-state index contributed by atoms with van der Waals surface area (Å²) in [5.41, 5.74) is 2.20. The maximum absolute atomic E-state index is 12.6. The number of rotatable bonds is 7. The van der Waals surface area contributed by atoms with E-state index in [4.69, 9.17) is 9.47 Å². The third kappa shape index (κ3) is 5.07. The number of pyridine rings is 1. The quantitative estimate of drug-likeness (QED) is 0.336. The van der Waals surface area contributed by atoms with Crippen LogP contribution in [0.2, 0.25) is 0 Å². The van der Waals surface area contributed by atoms with Crippen LogP contribution in [-0.2, 0) is 9.53 Å². The summed E-state index contributed by atoms with van der Waals surface area (Å²) in [6, 6.07) is 16.6. The molecule has 0 radical (unpaired) electrons. The number of nitrogens with one attached hydrogen (secondary N) is 1. The van der Waals surface area contributed by atoms with Crippen LogP contribution in [0.15, 0.2) is 60.7 Å². The number of methoxy groups -OCH3 is 1. The van der Waals surface area contributed by atoms with Gasteiger partial charge in [-0.25, -0.2) is 4.79 Å². The Morgan fingerprint density at radius 1 is 1.09 bits per heavy atom. The molecule has 0 saturated heterocycles. The molecule has 2 aromatic carbocycles. The van der Waals surface area contributed by atoms with E-state index in [2.05, 4.69) is 10.3 Å². The molecule has 3 aromatic rings. The molecular weight excluding hydrogens is 414 g/mol. The summed E-state index contributed by atoms with van der Waals surface area (Å²) in [7, 11) is 1.37. The first-order valence-electron chi connectivity index (χ1n) is 9.67. The number of hydrogen-bond donors (Lipinski definition) is 1. The third-order valence-electron chi connectivity index (χ3n) is 4.68. The zero-order valence-corrected chi connectivity index (χ0v) is 17.7. The van der Waals surface area contributed by atoms with Crippen molar-refractivity contribution in [1.29, 1.82) is 0 Å². The lowest BCUT2D eigenvalue weighted by Crippen LogP contribution is -2.30. The summed E-state index contributed by atoms with van der Waals surface area (Å²) in [6.45, 7) is 3.08. The van der Waals surface area contributed by atoms with Gasteiger partial charge in [-0.15, -0.1) is 0 Å². The summed E-state index contributed by atoms with van der Waals surface area (Å²) in [5, 5.41) is 13.5. The topological polar surface area (TPSA) is 121 Å². The average molecular weight is 435 g/mol. The number of hydrogen-bond acceptors (Lipinski definition) is 7. The Balaban J connectivity index is 1.71. The molecule has 0 aliphatic heterocycles. The van der Waals surface area contributed by atoms with Gasteiger partial charge >= 0.3 is 5.97 Å². The Morgan fingerprint density at radius 2 is 1.81 bits per heavy atom. The highest BCUT2D eigenvalue weighted by Crippen LogP contribution is 2.29. The van der Waals surface area contributed by atoms with Crippen LogP contribution < -0.4 is 10.1 Å². The summed E-state index contributed by atoms with van der Waals surface area (Å²) in [6.07, 6.45) is -1.17. The zero-order valence-electron chi connectivity index (χ0n) is 17.7. The fourth-order valence-corrected chi connectivity index (χ4v) is 2.97. The summed E-state index contributed by atoms with van der Waals surface area (Å²) >= 11 is 0. The van der Waals surface area contributed by atoms with Crippen LogP contribution in [0.1, 0.15) is 23.0 Å². The number of aryl methyl sites for hydroxylation is 1. The molecule has 0 spiro atoms. The van der Waals surface area contributed by atoms with Crippen molar-refractivity contribution >= 4 is 23.3 Å². The number of anilines is 1. The van der Waals surface area contributed by atoms with Gasteiger partial charge in [0.2, 0.25) is 0 Å². The smallest absolute Gasteiger partial charge is 0.340 e. The van der Waals surface area contributed by atoms with Gasteiger partial charge in [-0.3, -0.25) is 19.9 Å². The molecule has 0 aliphatic carbocycles. The molecule has 1 unspecified atom stereocenters. The maximum Gasteiger partial charge on any atom is 0.340 e. The molecule has 32 heavy (non-hydrogen) atoms. The molecule has 9 heteroatoms. The zero-order chi connectivity index (χ0) is 23.3. The van der Waals surface area contributed by atoms with E-state index in [0.29, 0.717) is 11.4 Å². The summed E-state index contributed by atoms with van der Waals surface area (Å²) in [4.78, 5) is 40.0. The highest BCUT2D eigenvalue weighted by Gasteiger charge is 2.23. The molecule has 1 aromatic heterocycles. The van der Waals surface area contributed by atoms with Crippen molar-refractivity contribution in [2.45, 2.75) is 20.0 Å². The fourth-order valence-electron chi connectivity index (χ4n) is 2.97. The van der Waals surface area contributed by atoms with Crippen LogP contribution >= 0.6 is 0 Å². The van der Waals surface area contributed by atoms with E-state index in [9.17, 15) is 19.7 Å². The fraction of sp³-hybridized carbons (Fsp3) is 0.174. The Labute approximate surface area is 184 Å². The predicted molar refractivity (Wildman–Crippen MR) is 118 cm³/mol. The van der Waals surface area contributed by atoms with Crippen LogP contribution in [-0.4, -0.2) is 35.0 Å². The van der Waals surface area contributed by atoms with E-state index < -0.39 is 22.9 Å². The molecular formula is C23H21N3O6. The number of nitro benzene ring substituents is 1. The Bertz CT molecular complexity index is 1160. The lowest BCUT2D eigenvalue weighted by molar-refractivity contribution is -0.384. The Kier molecular flexibility index (Phi) is 6.79. The first-order chi connectivity index (χ1) is 15.3. The standard InChI is InChI=1S/C23H21N3O6/c1-14-18(10-11-19(24-14)16-7-5-4-6-8-16)23(28)32-15(2)22(27)25-20-13-17(26(29)30)9-12-21(20)31-3/h4-13,15H,1-3H3,(H,25,27). The number of non-ortho nitro benzene ring substituents is 1. The minimum atomic E-state index is -1.17. The van der Waals surface area contributed by atoms with Crippen molar-refractivity contribution in [3.05, 3.63) is 82.0 Å². The van der Waals surface area contributed by atoms with Crippen molar-refractivity contribution in [2.24, 2.45) is 0 Å². The van der Waals surface area contributed by atoms with Crippen molar-refractivity contribution in [1.82, 2.24) is 4.98 Å². The largest absolute Gasteiger partial charge is 0.495 e. The van der Waals surface area contributed by atoms with E-state index in [-0.39, 0.29) is 22.7 Å². The van der Waals surface area contributed by atoms with Crippen LogP contribution in [0.25, 0.3) is 11.3 Å². The number of esters is 1. The van der Waals surface area contributed by atoms with E-state index in [0.717, 1.165) is 5.56 Å². The molecule has 164 valence electrons. The van der Waals surface area contributed by atoms with Gasteiger partial charge in [0.05, 0.1) is 34.7 Å². The molecule has 3 rings (SSSR count). The van der Waals surface area contributed by atoms with Gasteiger partial charge in [-0.05, 0) is 32.0 Å². The van der Waals surface area contributed by atoms with Crippen LogP contribution in [0.3, 0.4) is 0 Å². The maximum atomic E-state index is 12.6. The number of carbonyl (C=O) groups excluding carboxylic acids is 2. The minimum absolute atomic E-state index is 0.0969. The van der Waals surface area contributed by atoms with Gasteiger partial charge in [0.15, 0.2) is 6.10 Å². The molecule has 0 saturated carbocycles. The highest BCUT2D eigenvalue weighted by atomic mass is 16.6. The van der Waals surface area contributed by atoms with E-state index >= 15 is 0 Å². The van der Waals surface area contributed by atoms with Gasteiger partial charge in [0.25, 0.3) is 11.6 Å². The summed E-state index contributed by atoms with van der Waals surface area (Å²) in [5.74, 6) is -1.13. The Hall–Kier alpha value is -4.27. The van der Waals surface area contributed by atoms with Gasteiger partial charge in [-0.2, -0.15) is 0 Å². The number of nitrogens with zero attached hydrogens (tertiary/aromatic N) is 2. The van der Waals surface area contributed by atoms with Crippen LogP contribution in [0, 0.1) is 17.0 Å². The van der Waals surface area contributed by atoms with Gasteiger partial charge < -0.3 is 14.8 Å². The number of aromatic nitrogens is 1. The highest BCUT2D eigenvalue weighted by molar-refractivity contribution is 5.98. The first-order valence-corrected chi connectivity index (χ1v) is 9.67. The molecule has 1 N–H and O–H groups in total. The van der Waals surface area contributed by atoms with Gasteiger partial charge in [0, 0.05) is 17.7 Å². The molecule has 0 fully saturated rings. The van der Waals surface area contributed by atoms with Crippen molar-refractivity contribution in [3.8, 4) is 17.0 Å². The molecule has 1 atom stereocenters. The van der Waals surface area contributed by atoms with Crippen LogP contribution in [0.5, 0.6) is 5.75 Å². The molecule has 0 bridgehead atoms. The molecule has 1 heterocycles. The predicted octanol–water partition coefficient (Wildman–Crippen LogP) is 4.16. The molecule has 0 aliphatic rings. The van der Waals surface area contributed by atoms with Crippen molar-refractivity contribution in [2.75, 3.05) is 12.4 Å². The number of carbonyl (C=O) groups is 2. The van der Waals surface area contributed by atoms with Crippen LogP contribution in [0.4, 0.5) is 11.4 Å². The lowest BCUT2D eigenvalue weighted by atomic mass is 10.1. The average Bonchev–Trinajstić information content (AvgIpc) is 2.79. The van der Waals surface area contributed by atoms with Crippen molar-refractivity contribution < 1.29 is 24.0 Å². The van der Waals surface area contributed by atoms with E-state index in [1.54, 1.807) is 19.1 Å². The minimum Gasteiger partial charge on any atom is -0.495 e. The lowest BCUT2D eigenvalue weighted by Gasteiger charge is -2.16. The first kappa shape index (κ1) is 22.4. The number of nitro groups is 1. The number of benzene rings is 2. The number of amides is 1. The molecule has 1 amide bonds. The second-order valence-electron chi connectivity index (χ2n) is 6.87. The van der Waals surface area contributed by atoms with Gasteiger partial charge in [-0.1, -0.05) is 30.3 Å². The monoisotopic (exact) mass is 435 g/mol. The third-order valence-corrected chi connectivity index (χ3v) is 4.68. The Morgan fingerprint density at radius 3 is 2.44 bits per heavy atom. The molecule has 9 nitrogen and oxygen atoms in total. The summed E-state index contributed by atoms with van der Waals surface area (Å²) < 4.78 is 10.4. The second kappa shape index (κ2) is 9.69. The van der Waals surface area contributed by atoms with Crippen molar-refractivity contribution in [3.63, 3.8) is 0 Å². The van der Waals surface area contributed by atoms with E-state index in [1.165, 1.54) is 32.2 Å². The van der Waals surface area contributed by atoms with Gasteiger partial charge in [0.1, 0.15) is 5.75 Å². The SMILES string of the molecule is COc1ccc([N+](=O)[O-])cc1NC(=O)C(C)OC(=O)c1ccc(-c2ccccc2)nc1C. The number of ether oxygens (including phenoxy) is 2. The normalized spacial score (nSPS) is 11.3. The second-order valence-corrected chi connectivity index (χ2v) is 6.87. The van der Waals surface area contributed by atoms with E-state index in [1.807, 2.05) is 30.3 Å².